The van der Waals surface area contributed by atoms with Gasteiger partial charge >= 0.3 is 0 Å². The van der Waals surface area contributed by atoms with E-state index in [2.05, 4.69) is 6.42 Å². The Morgan fingerprint density at radius 2 is 2.60 bits per heavy atom. The summed E-state index contributed by atoms with van der Waals surface area (Å²) in [5, 5.41) is 0. The van der Waals surface area contributed by atoms with Crippen molar-refractivity contribution < 1.29 is 4.48 Å². The van der Waals surface area contributed by atoms with E-state index in [1.807, 2.05) is 5.92 Å². The predicted molar refractivity (Wildman–Crippen MR) is 17.9 cm³/mol. The van der Waals surface area contributed by atoms with Crippen LogP contribution in [0.4, 0.5) is 4.48 Å². The highest BCUT2D eigenvalue weighted by atomic mass is 19.2. The van der Waals surface area contributed by atoms with Crippen molar-refractivity contribution in [2.24, 2.45) is 0 Å². The van der Waals surface area contributed by atoms with Gasteiger partial charge in [-0.3, -0.25) is 0 Å². The lowest BCUT2D eigenvalue weighted by atomic mass is 10.7. The Hall–Kier alpha value is -0.550. The average Bonchev–Trinajstić information content (AvgIpc) is 1.41. The molecule has 0 rings (SSSR count). The van der Waals surface area contributed by atoms with Crippen LogP contribution >= 0.6 is 0 Å². The van der Waals surface area contributed by atoms with Crippen molar-refractivity contribution in [3.63, 3.8) is 0 Å². The molecule has 0 aromatic rings. The van der Waals surface area contributed by atoms with Crippen molar-refractivity contribution in [1.29, 1.82) is 0 Å². The van der Waals surface area contributed by atoms with E-state index in [1.54, 1.807) is 0 Å². The minimum atomic E-state index is 0. The normalized spacial score (nSPS) is 6.40. The van der Waals surface area contributed by atoms with Crippen molar-refractivity contribution in [2.75, 3.05) is 6.54 Å². The molecule has 0 fully saturated rings. The topological polar surface area (TPSA) is 12.0 Å². The first-order chi connectivity index (χ1) is 2.41. The van der Waals surface area contributed by atoms with Gasteiger partial charge in [-0.2, -0.15) is 0 Å². The summed E-state index contributed by atoms with van der Waals surface area (Å²) < 4.78 is 10.6. The van der Waals surface area contributed by atoms with E-state index in [0.717, 1.165) is 0 Å². The van der Waals surface area contributed by atoms with Crippen LogP contribution in [-0.4, -0.2) is 6.54 Å². The monoisotopic (exact) mass is 73.0 g/mol. The molecule has 0 atom stereocenters. The number of nitrogens with one attached hydrogen (secondary N) is 1. The first-order valence-electron chi connectivity index (χ1n) is 1.18. The predicted octanol–water partition coefficient (Wildman–Crippen LogP) is 0.0937. The number of rotatable bonds is 1. The van der Waals surface area contributed by atoms with Crippen LogP contribution < -0.4 is 5.54 Å². The fraction of sp³-hybridized carbons (Fsp3) is 0.333. The van der Waals surface area contributed by atoms with E-state index in [4.69, 9.17) is 0 Å². The van der Waals surface area contributed by atoms with Crippen molar-refractivity contribution >= 4 is 0 Å². The van der Waals surface area contributed by atoms with Crippen LogP contribution in [0, 0.1) is 12.3 Å². The van der Waals surface area contributed by atoms with E-state index in [9.17, 15) is 4.48 Å². The maximum Gasteiger partial charge on any atom is 0.0868 e. The smallest absolute Gasteiger partial charge is 0.0868 e. The number of halogens is 1. The minimum Gasteiger partial charge on any atom is -0.147 e. The lowest BCUT2D eigenvalue weighted by Crippen LogP contribution is -1.96. The van der Waals surface area contributed by atoms with Crippen LogP contribution in [0.25, 0.3) is 0 Å². The Morgan fingerprint density at radius 1 is 2.00 bits per heavy atom. The summed E-state index contributed by atoms with van der Waals surface area (Å²) in [5.41, 5.74) is 1.28. The summed E-state index contributed by atoms with van der Waals surface area (Å²) in [5.74, 6) is 2.03. The first-order valence-corrected chi connectivity index (χ1v) is 1.18. The van der Waals surface area contributed by atoms with Gasteiger partial charge in [-0.05, 0) is 0 Å². The lowest BCUT2D eigenvalue weighted by molar-refractivity contribution is 0.361. The first kappa shape index (κ1) is 4.45. The van der Waals surface area contributed by atoms with Gasteiger partial charge in [0.25, 0.3) is 0 Å². The highest BCUT2D eigenvalue weighted by Gasteiger charge is 1.61. The third-order valence-electron chi connectivity index (χ3n) is 0.169. The van der Waals surface area contributed by atoms with E-state index in [-0.39, 0.29) is 6.54 Å². The number of hydrogen-bond donors (Lipinski definition) is 1. The van der Waals surface area contributed by atoms with Gasteiger partial charge in [-0.1, -0.05) is 5.92 Å². The molecule has 0 aliphatic rings. The summed E-state index contributed by atoms with van der Waals surface area (Å²) in [6.07, 6.45) is 4.59. The van der Waals surface area contributed by atoms with E-state index in [0.29, 0.717) is 0 Å². The average molecular weight is 73.1 g/mol. The summed E-state index contributed by atoms with van der Waals surface area (Å²) in [7, 11) is 0. The second kappa shape index (κ2) is 3.45. The van der Waals surface area contributed by atoms with Crippen molar-refractivity contribution in [3.05, 3.63) is 0 Å². The molecule has 0 amide bonds. The van der Waals surface area contributed by atoms with Crippen LogP contribution in [-0.2, 0) is 0 Å². The summed E-state index contributed by atoms with van der Waals surface area (Å²) in [4.78, 5) is 0. The van der Waals surface area contributed by atoms with E-state index >= 15 is 0 Å². The van der Waals surface area contributed by atoms with Gasteiger partial charge in [0.1, 0.15) is 0 Å². The van der Waals surface area contributed by atoms with Crippen LogP contribution in [0.1, 0.15) is 0 Å². The molecule has 2 heteroatoms. The Kier molecular flexibility index (Phi) is 3.07. The SMILES string of the molecule is C#CCNF. The van der Waals surface area contributed by atoms with Gasteiger partial charge < -0.3 is 0 Å². The van der Waals surface area contributed by atoms with Gasteiger partial charge in [0.15, 0.2) is 0 Å². The Bertz CT molecular complexity index is 45.3. The molecule has 0 aliphatic carbocycles. The molecular formula is C3H4FN. The molecule has 0 saturated heterocycles. The van der Waals surface area contributed by atoms with Gasteiger partial charge in [-0.15, -0.1) is 16.4 Å². The molecule has 0 heterocycles. The third-order valence-corrected chi connectivity index (χ3v) is 0.169. The fourth-order valence-electron chi connectivity index (χ4n) is 0.0386. The second-order valence-corrected chi connectivity index (χ2v) is 0.515. The summed E-state index contributed by atoms with van der Waals surface area (Å²) >= 11 is 0. The van der Waals surface area contributed by atoms with Crippen LogP contribution in [0.15, 0.2) is 0 Å². The zero-order valence-corrected chi connectivity index (χ0v) is 2.66. The maximum atomic E-state index is 10.6. The molecule has 0 unspecified atom stereocenters. The molecular weight excluding hydrogens is 69.0 g/mol. The largest absolute Gasteiger partial charge is 0.147 e. The minimum absolute atomic E-state index is 0. The Labute approximate surface area is 30.1 Å². The number of terminal acetylenes is 1. The molecule has 0 spiro atoms. The Balaban J connectivity index is 2.48. The van der Waals surface area contributed by atoms with Gasteiger partial charge in [0, 0.05) is 0 Å². The van der Waals surface area contributed by atoms with Crippen LogP contribution in [0.3, 0.4) is 0 Å². The van der Waals surface area contributed by atoms with Crippen LogP contribution in [0.5, 0.6) is 0 Å². The molecule has 0 saturated carbocycles. The highest BCUT2D eigenvalue weighted by Crippen LogP contribution is 1.45. The molecule has 0 aromatic carbocycles. The summed E-state index contributed by atoms with van der Waals surface area (Å²) in [6.45, 7) is 0. The van der Waals surface area contributed by atoms with Crippen molar-refractivity contribution in [1.82, 2.24) is 5.54 Å². The van der Waals surface area contributed by atoms with Crippen LogP contribution in [0.2, 0.25) is 0 Å². The zero-order valence-electron chi connectivity index (χ0n) is 2.66. The molecule has 0 aromatic heterocycles. The standard InChI is InChI=1S/C3H4FN/c1-2-3-5-4/h1,5H,3H2. The van der Waals surface area contributed by atoms with Crippen molar-refractivity contribution in [2.45, 2.75) is 0 Å². The molecule has 0 aliphatic heterocycles. The molecule has 5 heavy (non-hydrogen) atoms. The van der Waals surface area contributed by atoms with Gasteiger partial charge in [0.2, 0.25) is 0 Å². The second-order valence-electron chi connectivity index (χ2n) is 0.515. The number of hydrogen-bond acceptors (Lipinski definition) is 1. The molecule has 28 valence electrons. The lowest BCUT2D eigenvalue weighted by Gasteiger charge is -1.71. The molecule has 0 radical (unpaired) electrons. The van der Waals surface area contributed by atoms with Gasteiger partial charge in [0.05, 0.1) is 6.54 Å². The summed E-state index contributed by atoms with van der Waals surface area (Å²) in [6, 6.07) is 0. The molecule has 1 N–H and O–H groups in total. The molecule has 0 bridgehead atoms. The van der Waals surface area contributed by atoms with Crippen molar-refractivity contribution in [3.8, 4) is 12.3 Å². The zero-order chi connectivity index (χ0) is 4.12. The quantitative estimate of drug-likeness (QED) is 0.342. The molecule has 1 nitrogen and oxygen atoms in total. The fourth-order valence-corrected chi connectivity index (χ4v) is 0.0386. The van der Waals surface area contributed by atoms with E-state index in [1.165, 1.54) is 5.54 Å². The maximum absolute atomic E-state index is 10.6. The van der Waals surface area contributed by atoms with E-state index < -0.39 is 0 Å². The highest BCUT2D eigenvalue weighted by molar-refractivity contribution is 4.84. The third kappa shape index (κ3) is 3.45. The Morgan fingerprint density at radius 3 is 2.60 bits per heavy atom. The van der Waals surface area contributed by atoms with Gasteiger partial charge in [-0.25, -0.2) is 0 Å².